The van der Waals surface area contributed by atoms with Gasteiger partial charge in [-0.2, -0.15) is 0 Å². The molecule has 1 aliphatic rings. The Bertz CT molecular complexity index is 379. The van der Waals surface area contributed by atoms with Gasteiger partial charge in [-0.15, -0.1) is 0 Å². The van der Waals surface area contributed by atoms with Gasteiger partial charge in [0.2, 0.25) is 0 Å². The molecule has 1 atom stereocenters. The number of benzene rings is 1. The summed E-state index contributed by atoms with van der Waals surface area (Å²) in [5, 5.41) is 0. The zero-order chi connectivity index (χ0) is 13.0. The van der Waals surface area contributed by atoms with Crippen LogP contribution in [-0.4, -0.2) is 36.7 Å². The van der Waals surface area contributed by atoms with Crippen LogP contribution >= 0.6 is 0 Å². The van der Waals surface area contributed by atoms with Crippen LogP contribution in [0.15, 0.2) is 24.3 Å². The summed E-state index contributed by atoms with van der Waals surface area (Å²) in [6.07, 6.45) is 1.37. The zero-order valence-electron chi connectivity index (χ0n) is 11.4. The molecule has 2 rings (SSSR count). The molecular weight excluding hydrogens is 224 g/mol. The van der Waals surface area contributed by atoms with Gasteiger partial charge >= 0.3 is 0 Å². The third kappa shape index (κ3) is 3.31. The van der Waals surface area contributed by atoms with E-state index in [0.717, 1.165) is 32.7 Å². The van der Waals surface area contributed by atoms with E-state index >= 15 is 0 Å². The molecule has 0 saturated carbocycles. The van der Waals surface area contributed by atoms with Crippen molar-refractivity contribution in [3.05, 3.63) is 35.4 Å². The van der Waals surface area contributed by atoms with E-state index in [1.165, 1.54) is 11.1 Å². The van der Waals surface area contributed by atoms with E-state index in [1.54, 1.807) is 0 Å². The molecule has 18 heavy (non-hydrogen) atoms. The minimum Gasteiger partial charge on any atom is -0.377 e. The largest absolute Gasteiger partial charge is 0.377 e. The smallest absolute Gasteiger partial charge is 0.0597 e. The fourth-order valence-corrected chi connectivity index (χ4v) is 2.54. The van der Waals surface area contributed by atoms with Gasteiger partial charge in [0.1, 0.15) is 0 Å². The summed E-state index contributed by atoms with van der Waals surface area (Å²) in [5.41, 5.74) is 8.79. The highest BCUT2D eigenvalue weighted by Crippen LogP contribution is 2.22. The van der Waals surface area contributed by atoms with E-state index in [0.29, 0.717) is 12.1 Å². The lowest BCUT2D eigenvalue weighted by atomic mass is 9.94. The van der Waals surface area contributed by atoms with Crippen LogP contribution in [0.4, 0.5) is 0 Å². The SMILES string of the molecule is CC(C)OCCN1Cc2ccccc2CC1CN. The molecule has 0 spiro atoms. The molecule has 3 nitrogen and oxygen atoms in total. The van der Waals surface area contributed by atoms with Crippen LogP contribution in [0.5, 0.6) is 0 Å². The Morgan fingerprint density at radius 1 is 1.33 bits per heavy atom. The van der Waals surface area contributed by atoms with Crippen molar-refractivity contribution in [2.24, 2.45) is 5.73 Å². The van der Waals surface area contributed by atoms with Crippen molar-refractivity contribution in [1.82, 2.24) is 4.90 Å². The van der Waals surface area contributed by atoms with Crippen molar-refractivity contribution in [2.45, 2.75) is 39.0 Å². The Morgan fingerprint density at radius 2 is 2.06 bits per heavy atom. The summed E-state index contributed by atoms with van der Waals surface area (Å²) in [5.74, 6) is 0. The van der Waals surface area contributed by atoms with Crippen molar-refractivity contribution in [1.29, 1.82) is 0 Å². The topological polar surface area (TPSA) is 38.5 Å². The van der Waals surface area contributed by atoms with E-state index in [2.05, 4.69) is 43.0 Å². The molecule has 0 aliphatic carbocycles. The van der Waals surface area contributed by atoms with Gasteiger partial charge in [-0.05, 0) is 31.4 Å². The van der Waals surface area contributed by atoms with Crippen LogP contribution in [-0.2, 0) is 17.7 Å². The molecule has 0 bridgehead atoms. The summed E-state index contributed by atoms with van der Waals surface area (Å²) in [6.45, 7) is 7.62. The maximum atomic E-state index is 5.90. The maximum Gasteiger partial charge on any atom is 0.0597 e. The van der Waals surface area contributed by atoms with Crippen molar-refractivity contribution in [3.63, 3.8) is 0 Å². The molecule has 3 heteroatoms. The first-order valence-electron chi connectivity index (χ1n) is 6.83. The second-order valence-electron chi connectivity index (χ2n) is 5.25. The van der Waals surface area contributed by atoms with E-state index in [4.69, 9.17) is 10.5 Å². The Hall–Kier alpha value is -0.900. The minimum atomic E-state index is 0.304. The first kappa shape index (κ1) is 13.5. The lowest BCUT2D eigenvalue weighted by Crippen LogP contribution is -2.46. The number of nitrogens with two attached hydrogens (primary N) is 1. The van der Waals surface area contributed by atoms with Gasteiger partial charge < -0.3 is 10.5 Å². The van der Waals surface area contributed by atoms with Crippen LogP contribution in [0.25, 0.3) is 0 Å². The molecule has 100 valence electrons. The Labute approximate surface area is 110 Å². The zero-order valence-corrected chi connectivity index (χ0v) is 11.4. The summed E-state index contributed by atoms with van der Waals surface area (Å²) in [4.78, 5) is 2.45. The molecule has 0 radical (unpaired) electrons. The van der Waals surface area contributed by atoms with Crippen LogP contribution in [0.3, 0.4) is 0 Å². The molecule has 0 saturated heterocycles. The quantitative estimate of drug-likeness (QED) is 0.863. The minimum absolute atomic E-state index is 0.304. The highest BCUT2D eigenvalue weighted by molar-refractivity contribution is 5.30. The van der Waals surface area contributed by atoms with Crippen LogP contribution < -0.4 is 5.73 Å². The summed E-state index contributed by atoms with van der Waals surface area (Å²) >= 11 is 0. The Kier molecular flexibility index (Phi) is 4.75. The Balaban J connectivity index is 1.98. The lowest BCUT2D eigenvalue weighted by molar-refractivity contribution is 0.0446. The van der Waals surface area contributed by atoms with E-state index in [-0.39, 0.29) is 0 Å². The lowest BCUT2D eigenvalue weighted by Gasteiger charge is -2.36. The number of nitrogens with zero attached hydrogens (tertiary/aromatic N) is 1. The van der Waals surface area contributed by atoms with Crippen LogP contribution in [0, 0.1) is 0 Å². The van der Waals surface area contributed by atoms with Crippen LogP contribution in [0.2, 0.25) is 0 Å². The van der Waals surface area contributed by atoms with Crippen molar-refractivity contribution >= 4 is 0 Å². The standard InChI is InChI=1S/C15H24N2O/c1-12(2)18-8-7-17-11-14-6-4-3-5-13(14)9-15(17)10-16/h3-6,12,15H,7-11,16H2,1-2H3. The first-order chi connectivity index (χ1) is 8.70. The molecule has 0 aromatic heterocycles. The number of ether oxygens (including phenoxy) is 1. The summed E-state index contributed by atoms with van der Waals surface area (Å²) in [7, 11) is 0. The third-order valence-electron chi connectivity index (χ3n) is 3.57. The molecule has 1 heterocycles. The van der Waals surface area contributed by atoms with Gasteiger partial charge in [0, 0.05) is 25.7 Å². The average Bonchev–Trinajstić information content (AvgIpc) is 2.37. The van der Waals surface area contributed by atoms with E-state index in [1.807, 2.05) is 0 Å². The fourth-order valence-electron chi connectivity index (χ4n) is 2.54. The Morgan fingerprint density at radius 3 is 2.72 bits per heavy atom. The third-order valence-corrected chi connectivity index (χ3v) is 3.57. The summed E-state index contributed by atoms with van der Waals surface area (Å²) < 4.78 is 5.64. The first-order valence-corrected chi connectivity index (χ1v) is 6.83. The normalized spacial score (nSPS) is 20.1. The maximum absolute atomic E-state index is 5.90. The predicted octanol–water partition coefficient (Wildman–Crippen LogP) is 1.80. The number of rotatable bonds is 5. The monoisotopic (exact) mass is 248 g/mol. The van der Waals surface area contributed by atoms with Gasteiger partial charge in [-0.3, -0.25) is 4.90 Å². The fraction of sp³-hybridized carbons (Fsp3) is 0.600. The molecule has 1 aromatic carbocycles. The summed E-state index contributed by atoms with van der Waals surface area (Å²) in [6, 6.07) is 9.13. The number of fused-ring (bicyclic) bond motifs is 1. The van der Waals surface area contributed by atoms with Crippen molar-refractivity contribution in [3.8, 4) is 0 Å². The van der Waals surface area contributed by atoms with E-state index in [9.17, 15) is 0 Å². The van der Waals surface area contributed by atoms with Gasteiger partial charge in [0.25, 0.3) is 0 Å². The average molecular weight is 248 g/mol. The molecule has 1 unspecified atom stereocenters. The predicted molar refractivity (Wildman–Crippen MR) is 74.5 cm³/mol. The molecule has 0 amide bonds. The second kappa shape index (κ2) is 6.32. The molecule has 0 fully saturated rings. The highest BCUT2D eigenvalue weighted by Gasteiger charge is 2.24. The van der Waals surface area contributed by atoms with Gasteiger partial charge in [-0.25, -0.2) is 0 Å². The second-order valence-corrected chi connectivity index (χ2v) is 5.25. The molecule has 2 N–H and O–H groups in total. The van der Waals surface area contributed by atoms with Gasteiger partial charge in [-0.1, -0.05) is 24.3 Å². The highest BCUT2D eigenvalue weighted by atomic mass is 16.5. The number of hydrogen-bond acceptors (Lipinski definition) is 3. The molecule has 1 aromatic rings. The van der Waals surface area contributed by atoms with Gasteiger partial charge in [0.05, 0.1) is 12.7 Å². The van der Waals surface area contributed by atoms with Crippen LogP contribution in [0.1, 0.15) is 25.0 Å². The van der Waals surface area contributed by atoms with Crippen molar-refractivity contribution < 1.29 is 4.74 Å². The number of hydrogen-bond donors (Lipinski definition) is 1. The van der Waals surface area contributed by atoms with E-state index < -0.39 is 0 Å². The molecule has 1 aliphatic heterocycles. The van der Waals surface area contributed by atoms with Crippen molar-refractivity contribution in [2.75, 3.05) is 19.7 Å². The van der Waals surface area contributed by atoms with Gasteiger partial charge in [0.15, 0.2) is 0 Å². The molecular formula is C15H24N2O.